The lowest BCUT2D eigenvalue weighted by Crippen LogP contribution is -2.36. The zero-order chi connectivity index (χ0) is 14.2. The van der Waals surface area contributed by atoms with Crippen LogP contribution >= 0.6 is 15.9 Å². The number of rotatable bonds is 3. The van der Waals surface area contributed by atoms with Gasteiger partial charge >= 0.3 is 0 Å². The SMILES string of the molecule is CC1(C)CC(CNc2nccn3ncc(Br)c23)CCO1. The van der Waals surface area contributed by atoms with Crippen molar-refractivity contribution in [2.24, 2.45) is 5.92 Å². The van der Waals surface area contributed by atoms with Crippen molar-refractivity contribution in [2.75, 3.05) is 18.5 Å². The summed E-state index contributed by atoms with van der Waals surface area (Å²) in [6.07, 6.45) is 7.58. The maximum absolute atomic E-state index is 5.76. The summed E-state index contributed by atoms with van der Waals surface area (Å²) in [4.78, 5) is 4.43. The van der Waals surface area contributed by atoms with Crippen LogP contribution in [0.1, 0.15) is 26.7 Å². The van der Waals surface area contributed by atoms with E-state index in [4.69, 9.17) is 4.74 Å². The fourth-order valence-electron chi connectivity index (χ4n) is 2.81. The minimum atomic E-state index is -0.0127. The van der Waals surface area contributed by atoms with Crippen LogP contribution in [0.25, 0.3) is 5.52 Å². The molecule has 0 aliphatic carbocycles. The molecular weight excluding hydrogens is 320 g/mol. The summed E-state index contributed by atoms with van der Waals surface area (Å²) in [5.41, 5.74) is 0.972. The van der Waals surface area contributed by atoms with E-state index in [1.165, 1.54) is 0 Å². The first-order valence-electron chi connectivity index (χ1n) is 6.91. The average molecular weight is 339 g/mol. The second-order valence-electron chi connectivity index (χ2n) is 5.91. The molecule has 1 unspecified atom stereocenters. The molecule has 108 valence electrons. The minimum Gasteiger partial charge on any atom is -0.376 e. The van der Waals surface area contributed by atoms with Crippen LogP contribution in [-0.4, -0.2) is 33.4 Å². The Hall–Kier alpha value is -1.14. The van der Waals surface area contributed by atoms with Crippen LogP contribution < -0.4 is 5.32 Å². The third-order valence-corrected chi connectivity index (χ3v) is 4.32. The van der Waals surface area contributed by atoms with Gasteiger partial charge in [-0.05, 0) is 48.5 Å². The van der Waals surface area contributed by atoms with Crippen molar-refractivity contribution in [1.29, 1.82) is 0 Å². The van der Waals surface area contributed by atoms with Crippen molar-refractivity contribution in [3.63, 3.8) is 0 Å². The lowest BCUT2D eigenvalue weighted by atomic mass is 9.88. The summed E-state index contributed by atoms with van der Waals surface area (Å²) < 4.78 is 8.54. The van der Waals surface area contributed by atoms with Gasteiger partial charge in [-0.15, -0.1) is 0 Å². The largest absolute Gasteiger partial charge is 0.376 e. The van der Waals surface area contributed by atoms with Crippen LogP contribution in [-0.2, 0) is 4.74 Å². The molecule has 3 rings (SSSR count). The topological polar surface area (TPSA) is 51.5 Å². The van der Waals surface area contributed by atoms with Gasteiger partial charge in [0.1, 0.15) is 5.52 Å². The molecule has 0 radical (unpaired) electrons. The van der Waals surface area contributed by atoms with E-state index >= 15 is 0 Å². The van der Waals surface area contributed by atoms with Crippen molar-refractivity contribution < 1.29 is 4.74 Å². The van der Waals surface area contributed by atoms with Crippen LogP contribution in [0.15, 0.2) is 23.1 Å². The van der Waals surface area contributed by atoms with Crippen LogP contribution in [0.2, 0.25) is 0 Å². The molecule has 0 spiro atoms. The Balaban J connectivity index is 1.72. The molecule has 1 fully saturated rings. The average Bonchev–Trinajstić information content (AvgIpc) is 2.78. The summed E-state index contributed by atoms with van der Waals surface area (Å²) in [7, 11) is 0. The fourth-order valence-corrected chi connectivity index (χ4v) is 3.27. The Morgan fingerprint density at radius 2 is 2.40 bits per heavy atom. The predicted octanol–water partition coefficient (Wildman–Crippen LogP) is 3.11. The summed E-state index contributed by atoms with van der Waals surface area (Å²) in [5, 5.41) is 7.73. The highest BCUT2D eigenvalue weighted by molar-refractivity contribution is 9.10. The predicted molar refractivity (Wildman–Crippen MR) is 81.9 cm³/mol. The first-order chi connectivity index (χ1) is 9.55. The summed E-state index contributed by atoms with van der Waals surface area (Å²) >= 11 is 3.52. The number of nitrogens with one attached hydrogen (secondary N) is 1. The van der Waals surface area contributed by atoms with E-state index < -0.39 is 0 Å². The molecule has 6 heteroatoms. The second kappa shape index (κ2) is 5.33. The normalized spacial score (nSPS) is 22.1. The molecule has 1 N–H and O–H groups in total. The molecule has 1 aliphatic rings. The Morgan fingerprint density at radius 1 is 1.55 bits per heavy atom. The highest BCUT2D eigenvalue weighted by atomic mass is 79.9. The number of nitrogens with zero attached hydrogens (tertiary/aromatic N) is 3. The maximum atomic E-state index is 5.76. The maximum Gasteiger partial charge on any atom is 0.153 e. The van der Waals surface area contributed by atoms with Crippen LogP contribution in [0.4, 0.5) is 5.82 Å². The number of hydrogen-bond acceptors (Lipinski definition) is 4. The van der Waals surface area contributed by atoms with Crippen LogP contribution in [0.3, 0.4) is 0 Å². The number of aromatic nitrogens is 3. The summed E-state index contributed by atoms with van der Waals surface area (Å²) in [6, 6.07) is 0. The zero-order valence-electron chi connectivity index (χ0n) is 11.8. The van der Waals surface area contributed by atoms with Gasteiger partial charge < -0.3 is 10.1 Å². The second-order valence-corrected chi connectivity index (χ2v) is 6.76. The smallest absolute Gasteiger partial charge is 0.153 e. The van der Waals surface area contributed by atoms with Gasteiger partial charge in [0, 0.05) is 25.5 Å². The van der Waals surface area contributed by atoms with E-state index in [0.29, 0.717) is 5.92 Å². The summed E-state index contributed by atoms with van der Waals surface area (Å²) in [6.45, 7) is 6.07. The lowest BCUT2D eigenvalue weighted by molar-refractivity contribution is -0.0699. The molecule has 20 heavy (non-hydrogen) atoms. The third kappa shape index (κ3) is 2.81. The van der Waals surface area contributed by atoms with Gasteiger partial charge in [-0.1, -0.05) is 0 Å². The molecule has 3 heterocycles. The molecule has 0 saturated carbocycles. The Kier molecular flexibility index (Phi) is 3.69. The Bertz CT molecular complexity index is 610. The van der Waals surface area contributed by atoms with E-state index in [-0.39, 0.29) is 5.60 Å². The molecule has 5 nitrogen and oxygen atoms in total. The van der Waals surface area contributed by atoms with Gasteiger partial charge in [-0.2, -0.15) is 5.10 Å². The molecule has 1 saturated heterocycles. The highest BCUT2D eigenvalue weighted by Crippen LogP contribution is 2.29. The van der Waals surface area contributed by atoms with Gasteiger partial charge in [-0.25, -0.2) is 9.50 Å². The number of ether oxygens (including phenoxy) is 1. The first-order valence-corrected chi connectivity index (χ1v) is 7.70. The van der Waals surface area contributed by atoms with Gasteiger partial charge in [0.25, 0.3) is 0 Å². The van der Waals surface area contributed by atoms with Crippen molar-refractivity contribution in [3.05, 3.63) is 23.1 Å². The molecule has 0 bridgehead atoms. The molecular formula is C14H19BrN4O. The van der Waals surface area contributed by atoms with E-state index in [0.717, 1.165) is 41.8 Å². The molecule has 0 amide bonds. The van der Waals surface area contributed by atoms with E-state index in [2.05, 4.69) is 45.2 Å². The monoisotopic (exact) mass is 338 g/mol. The fraction of sp³-hybridized carbons (Fsp3) is 0.571. The highest BCUT2D eigenvalue weighted by Gasteiger charge is 2.28. The number of halogens is 1. The summed E-state index contributed by atoms with van der Waals surface area (Å²) in [5.74, 6) is 1.49. The number of fused-ring (bicyclic) bond motifs is 1. The standard InChI is InChI=1S/C14H19BrN4O/c1-14(2)7-10(3-6-20-14)8-17-13-12-11(15)9-18-19(12)5-4-16-13/h4-5,9-10H,3,6-8H2,1-2H3,(H,16,17). The number of hydrogen-bond donors (Lipinski definition) is 1. The van der Waals surface area contributed by atoms with E-state index in [9.17, 15) is 0 Å². The minimum absolute atomic E-state index is 0.0127. The molecule has 2 aromatic rings. The molecule has 2 aromatic heterocycles. The number of anilines is 1. The molecule has 1 aliphatic heterocycles. The van der Waals surface area contributed by atoms with Crippen LogP contribution in [0.5, 0.6) is 0 Å². The Morgan fingerprint density at radius 3 is 3.20 bits per heavy atom. The van der Waals surface area contributed by atoms with Crippen molar-refractivity contribution in [1.82, 2.24) is 14.6 Å². The zero-order valence-corrected chi connectivity index (χ0v) is 13.4. The van der Waals surface area contributed by atoms with Crippen molar-refractivity contribution in [3.8, 4) is 0 Å². The van der Waals surface area contributed by atoms with Gasteiger partial charge in [0.2, 0.25) is 0 Å². The van der Waals surface area contributed by atoms with E-state index in [1.54, 1.807) is 12.4 Å². The quantitative estimate of drug-likeness (QED) is 0.934. The van der Waals surface area contributed by atoms with Crippen LogP contribution in [0, 0.1) is 5.92 Å². The van der Waals surface area contributed by atoms with E-state index in [1.807, 2.05) is 10.7 Å². The molecule has 1 atom stereocenters. The Labute approximate surface area is 126 Å². The lowest BCUT2D eigenvalue weighted by Gasteiger charge is -2.35. The van der Waals surface area contributed by atoms with Crippen molar-refractivity contribution >= 4 is 27.3 Å². The van der Waals surface area contributed by atoms with Gasteiger partial charge in [-0.3, -0.25) is 0 Å². The third-order valence-electron chi connectivity index (χ3n) is 3.74. The van der Waals surface area contributed by atoms with Gasteiger partial charge in [0.15, 0.2) is 5.82 Å². The van der Waals surface area contributed by atoms with Crippen molar-refractivity contribution in [2.45, 2.75) is 32.3 Å². The first kappa shape index (κ1) is 13.8. The molecule has 0 aromatic carbocycles. The van der Waals surface area contributed by atoms with Gasteiger partial charge in [0.05, 0.1) is 16.3 Å².